The maximum absolute atomic E-state index is 14.3. The minimum Gasteiger partial charge on any atom is -0.496 e. The lowest BCUT2D eigenvalue weighted by Gasteiger charge is -2.62. The van der Waals surface area contributed by atoms with E-state index in [9.17, 15) is 24.6 Å². The number of aliphatic hydroxyl groups excluding tert-OH is 2. The number of para-hydroxylation sites is 1. The predicted molar refractivity (Wildman–Crippen MR) is 214 cm³/mol. The highest BCUT2D eigenvalue weighted by molar-refractivity contribution is 5.99. The van der Waals surface area contributed by atoms with Crippen molar-refractivity contribution in [1.82, 2.24) is 15.7 Å². The van der Waals surface area contributed by atoms with Crippen molar-refractivity contribution in [1.29, 1.82) is 0 Å². The molecule has 3 saturated carbocycles. The SMILES string of the molecule is COC(=O)[C@H](Cc1ccccc1)NC(=O)c1cc(-c2cccc(CN3O[C@@H](CO)[C@@H]([C@H](C)O)[C@H]3C(=O)N[C@H]3C[C@H]4C[C@H]([C@@H]3C)C4(C)C)c2OC)cc(N(C)C)c1. The lowest BCUT2D eigenvalue weighted by atomic mass is 9.45. The summed E-state index contributed by atoms with van der Waals surface area (Å²) in [6, 6.07) is 18.8. The summed E-state index contributed by atoms with van der Waals surface area (Å²) in [7, 11) is 6.63. The zero-order valence-corrected chi connectivity index (χ0v) is 33.8. The number of benzene rings is 3. The van der Waals surface area contributed by atoms with Gasteiger partial charge in [-0.3, -0.25) is 14.4 Å². The number of fused-ring (bicyclic) bond motifs is 2. The highest BCUT2D eigenvalue weighted by Crippen LogP contribution is 2.61. The average molecular weight is 771 g/mol. The fourth-order valence-corrected chi connectivity index (χ4v) is 9.41. The number of anilines is 1. The van der Waals surface area contributed by atoms with Crippen molar-refractivity contribution in [2.45, 2.75) is 83.8 Å². The van der Waals surface area contributed by atoms with E-state index >= 15 is 0 Å². The minimum absolute atomic E-state index is 0.0124. The van der Waals surface area contributed by atoms with Crippen LogP contribution in [-0.4, -0.2) is 98.3 Å². The number of esters is 1. The van der Waals surface area contributed by atoms with Crippen LogP contribution in [0.25, 0.3) is 11.1 Å². The van der Waals surface area contributed by atoms with Crippen LogP contribution < -0.4 is 20.3 Å². The summed E-state index contributed by atoms with van der Waals surface area (Å²) >= 11 is 0. The Balaban J connectivity index is 1.29. The van der Waals surface area contributed by atoms with Gasteiger partial charge in [0.1, 0.15) is 23.9 Å². The average Bonchev–Trinajstić information content (AvgIpc) is 3.56. The predicted octanol–water partition coefficient (Wildman–Crippen LogP) is 4.60. The quantitative estimate of drug-likeness (QED) is 0.172. The summed E-state index contributed by atoms with van der Waals surface area (Å²) in [6.07, 6.45) is 0.639. The van der Waals surface area contributed by atoms with Gasteiger partial charge in [0, 0.05) is 54.9 Å². The molecule has 302 valence electrons. The van der Waals surface area contributed by atoms with Gasteiger partial charge in [0.05, 0.1) is 33.5 Å². The molecule has 0 radical (unpaired) electrons. The molecule has 56 heavy (non-hydrogen) atoms. The summed E-state index contributed by atoms with van der Waals surface area (Å²) in [4.78, 5) is 49.1. The molecule has 1 heterocycles. The first-order valence-corrected chi connectivity index (χ1v) is 19.6. The molecule has 0 aromatic heterocycles. The normalized spacial score (nSPS) is 26.4. The fraction of sp³-hybridized carbons (Fsp3) is 0.523. The summed E-state index contributed by atoms with van der Waals surface area (Å²) in [6.45, 7) is 8.25. The van der Waals surface area contributed by atoms with Crippen molar-refractivity contribution in [2.24, 2.45) is 29.1 Å². The van der Waals surface area contributed by atoms with Crippen molar-refractivity contribution >= 4 is 23.5 Å². The first-order chi connectivity index (χ1) is 26.7. The van der Waals surface area contributed by atoms with Crippen molar-refractivity contribution in [3.05, 3.63) is 83.4 Å². The number of amides is 2. The molecule has 7 rings (SSSR count). The van der Waals surface area contributed by atoms with Crippen molar-refractivity contribution in [3.8, 4) is 16.9 Å². The van der Waals surface area contributed by atoms with Gasteiger partial charge in [-0.05, 0) is 72.3 Å². The third-order valence-corrected chi connectivity index (χ3v) is 12.8. The van der Waals surface area contributed by atoms with E-state index in [1.807, 2.05) is 73.6 Å². The zero-order valence-electron chi connectivity index (χ0n) is 33.8. The largest absolute Gasteiger partial charge is 0.496 e. The molecular weight excluding hydrogens is 713 g/mol. The topological polar surface area (TPSA) is 150 Å². The van der Waals surface area contributed by atoms with Crippen LogP contribution in [0.4, 0.5) is 5.69 Å². The van der Waals surface area contributed by atoms with Gasteiger partial charge in [0.15, 0.2) is 0 Å². The van der Waals surface area contributed by atoms with Crippen LogP contribution >= 0.6 is 0 Å². The molecule has 3 aliphatic carbocycles. The van der Waals surface area contributed by atoms with E-state index < -0.39 is 42.1 Å². The molecule has 2 amide bonds. The molecule has 1 aliphatic heterocycles. The molecule has 4 N–H and O–H groups in total. The first-order valence-electron chi connectivity index (χ1n) is 19.6. The van der Waals surface area contributed by atoms with Gasteiger partial charge in [-0.2, -0.15) is 5.06 Å². The highest BCUT2D eigenvalue weighted by Gasteiger charge is 2.57. The van der Waals surface area contributed by atoms with E-state index in [-0.39, 0.29) is 36.9 Å². The number of nitrogens with one attached hydrogen (secondary N) is 2. The molecule has 9 atom stereocenters. The van der Waals surface area contributed by atoms with E-state index in [0.29, 0.717) is 45.8 Å². The van der Waals surface area contributed by atoms with Crippen LogP contribution in [0.3, 0.4) is 0 Å². The molecule has 3 aromatic carbocycles. The number of carbonyl (C=O) groups excluding carboxylic acids is 3. The molecule has 4 aliphatic rings. The van der Waals surface area contributed by atoms with Gasteiger partial charge in [0.25, 0.3) is 5.91 Å². The Hall–Kier alpha value is -4.49. The third-order valence-electron chi connectivity index (χ3n) is 12.8. The van der Waals surface area contributed by atoms with Crippen LogP contribution in [0.2, 0.25) is 0 Å². The second-order valence-corrected chi connectivity index (χ2v) is 16.6. The number of hydrogen-bond acceptors (Lipinski definition) is 10. The Labute approximate surface area is 330 Å². The zero-order chi connectivity index (χ0) is 40.5. The molecule has 2 bridgehead atoms. The number of rotatable bonds is 14. The molecule has 3 aromatic rings. The van der Waals surface area contributed by atoms with Crippen LogP contribution in [0.5, 0.6) is 5.75 Å². The minimum atomic E-state index is -0.929. The van der Waals surface area contributed by atoms with E-state index in [1.165, 1.54) is 13.5 Å². The smallest absolute Gasteiger partial charge is 0.328 e. The number of methoxy groups -OCH3 is 2. The molecule has 1 saturated heterocycles. The molecule has 0 spiro atoms. The second-order valence-electron chi connectivity index (χ2n) is 16.6. The van der Waals surface area contributed by atoms with E-state index in [2.05, 4.69) is 31.4 Å². The van der Waals surface area contributed by atoms with Crippen molar-refractivity contribution in [2.75, 3.05) is 39.8 Å². The Morgan fingerprint density at radius 3 is 2.38 bits per heavy atom. The number of aliphatic hydroxyl groups is 2. The first kappa shape index (κ1) is 41.2. The number of nitrogens with zero attached hydrogens (tertiary/aromatic N) is 2. The van der Waals surface area contributed by atoms with E-state index in [1.54, 1.807) is 31.2 Å². The monoisotopic (exact) mass is 770 g/mol. The summed E-state index contributed by atoms with van der Waals surface area (Å²) in [5.41, 5.74) is 4.32. The van der Waals surface area contributed by atoms with Gasteiger partial charge >= 0.3 is 5.97 Å². The van der Waals surface area contributed by atoms with Crippen LogP contribution in [0.15, 0.2) is 66.7 Å². The summed E-state index contributed by atoms with van der Waals surface area (Å²) in [5, 5.41) is 29.1. The highest BCUT2D eigenvalue weighted by atomic mass is 16.7. The van der Waals surface area contributed by atoms with Crippen molar-refractivity contribution in [3.63, 3.8) is 0 Å². The second kappa shape index (κ2) is 16.9. The maximum Gasteiger partial charge on any atom is 0.328 e. The Kier molecular flexibility index (Phi) is 12.4. The number of carbonyl (C=O) groups is 3. The van der Waals surface area contributed by atoms with Crippen LogP contribution in [-0.2, 0) is 32.1 Å². The summed E-state index contributed by atoms with van der Waals surface area (Å²) < 4.78 is 11.1. The van der Waals surface area contributed by atoms with Crippen LogP contribution in [0, 0.1) is 29.1 Å². The molecule has 4 fully saturated rings. The lowest BCUT2D eigenvalue weighted by Crippen LogP contribution is -2.62. The van der Waals surface area contributed by atoms with Crippen LogP contribution in [0.1, 0.15) is 62.0 Å². The van der Waals surface area contributed by atoms with E-state index in [4.69, 9.17) is 14.3 Å². The molecule has 12 nitrogen and oxygen atoms in total. The van der Waals surface area contributed by atoms with Gasteiger partial charge in [-0.25, -0.2) is 4.79 Å². The summed E-state index contributed by atoms with van der Waals surface area (Å²) in [5.74, 6) is 0.0139. The third kappa shape index (κ3) is 8.16. The number of hydroxylamine groups is 2. The van der Waals surface area contributed by atoms with Gasteiger partial charge in [-0.1, -0.05) is 69.3 Å². The van der Waals surface area contributed by atoms with E-state index in [0.717, 1.165) is 17.7 Å². The van der Waals surface area contributed by atoms with Gasteiger partial charge in [0.2, 0.25) is 5.91 Å². The van der Waals surface area contributed by atoms with Gasteiger partial charge < -0.3 is 35.2 Å². The van der Waals surface area contributed by atoms with Crippen molar-refractivity contribution < 1.29 is 38.9 Å². The molecular formula is C44H58N4O8. The van der Waals surface area contributed by atoms with Gasteiger partial charge in [-0.15, -0.1) is 0 Å². The molecule has 12 heteroatoms. The standard InChI is InChI=1S/C44H58N4O8/c1-25-34-21-31(44(34,3)4)22-35(25)45-42(52)39-38(26(2)50)37(24-49)56-48(39)23-28-15-12-16-33(40(28)54-7)29-18-30(20-32(19-29)47(5)6)41(51)46-36(43(53)55-8)17-27-13-10-9-11-14-27/h9-16,18-20,25-26,31,34-39,49-50H,17,21-24H2,1-8H3,(H,45,52)(H,46,51)/t25-,26-,31+,34+,35-,36-,37-,38+,39-/m0/s1. The Morgan fingerprint density at radius 1 is 1.04 bits per heavy atom. The number of ether oxygens (including phenoxy) is 2. The number of hydrogen-bond donors (Lipinski definition) is 4. The Morgan fingerprint density at radius 2 is 1.77 bits per heavy atom. The fourth-order valence-electron chi connectivity index (χ4n) is 9.41. The molecule has 0 unspecified atom stereocenters. The Bertz CT molecular complexity index is 1880. The maximum atomic E-state index is 14.3. The lowest BCUT2D eigenvalue weighted by molar-refractivity contribution is -0.183.